The minimum atomic E-state index is 0.661. The van der Waals surface area contributed by atoms with E-state index in [0.717, 1.165) is 24.6 Å². The number of para-hydroxylation sites is 1. The summed E-state index contributed by atoms with van der Waals surface area (Å²) < 4.78 is 0. The lowest BCUT2D eigenvalue weighted by atomic mass is 9.97. The summed E-state index contributed by atoms with van der Waals surface area (Å²) in [6.45, 7) is 6.45. The molecule has 2 rings (SSSR count). The average Bonchev–Trinajstić information content (AvgIpc) is 2.30. The van der Waals surface area contributed by atoms with Crippen LogP contribution in [-0.4, -0.2) is 18.8 Å². The molecule has 1 fully saturated rings. The van der Waals surface area contributed by atoms with E-state index >= 15 is 0 Å². The van der Waals surface area contributed by atoms with E-state index in [0.29, 0.717) is 5.71 Å². The Morgan fingerprint density at radius 1 is 1.25 bits per heavy atom. The van der Waals surface area contributed by atoms with E-state index in [1.165, 1.54) is 18.5 Å². The summed E-state index contributed by atoms with van der Waals surface area (Å²) in [6, 6.07) is 8.28. The van der Waals surface area contributed by atoms with Crippen molar-refractivity contribution in [3.63, 3.8) is 0 Å². The van der Waals surface area contributed by atoms with Gasteiger partial charge in [-0.05, 0) is 31.7 Å². The molecule has 0 bridgehead atoms. The molecule has 1 saturated heterocycles. The Balaban J connectivity index is 2.23. The smallest absolute Gasteiger partial charge is 0.0457 e. The molecule has 1 aromatic rings. The second-order valence-electron chi connectivity index (χ2n) is 4.81. The summed E-state index contributed by atoms with van der Waals surface area (Å²) in [6.07, 6.45) is 2.54. The van der Waals surface area contributed by atoms with Crippen LogP contribution in [0.3, 0.4) is 0 Å². The third-order valence-electron chi connectivity index (χ3n) is 3.43. The van der Waals surface area contributed by atoms with Gasteiger partial charge in [0.2, 0.25) is 0 Å². The maximum absolute atomic E-state index is 7.81. The first-order valence-electron chi connectivity index (χ1n) is 6.08. The van der Waals surface area contributed by atoms with Crippen LogP contribution < -0.4 is 4.90 Å². The van der Waals surface area contributed by atoms with Crippen molar-refractivity contribution in [1.82, 2.24) is 0 Å². The molecule has 86 valence electrons. The summed E-state index contributed by atoms with van der Waals surface area (Å²) in [5.74, 6) is 0.851. The van der Waals surface area contributed by atoms with Crippen LogP contribution in [0.5, 0.6) is 0 Å². The van der Waals surface area contributed by atoms with Gasteiger partial charge in [0, 0.05) is 30.1 Å². The Hall–Kier alpha value is -1.31. The van der Waals surface area contributed by atoms with Crippen molar-refractivity contribution in [1.29, 1.82) is 5.41 Å². The Labute approximate surface area is 97.8 Å². The highest BCUT2D eigenvalue weighted by atomic mass is 15.1. The SMILES string of the molecule is CC(=N)c1ccccc1N1CCC(C)CC1. The predicted octanol–water partition coefficient (Wildman–Crippen LogP) is 3.31. The first-order valence-corrected chi connectivity index (χ1v) is 6.08. The van der Waals surface area contributed by atoms with Crippen LogP contribution in [-0.2, 0) is 0 Å². The van der Waals surface area contributed by atoms with Crippen molar-refractivity contribution in [3.8, 4) is 0 Å². The molecule has 2 nitrogen and oxygen atoms in total. The molecule has 0 amide bonds. The van der Waals surface area contributed by atoms with Crippen molar-refractivity contribution < 1.29 is 0 Å². The molecule has 1 N–H and O–H groups in total. The lowest BCUT2D eigenvalue weighted by molar-refractivity contribution is 0.438. The molecule has 1 heterocycles. The standard InChI is InChI=1S/C14H20N2/c1-11-7-9-16(10-8-11)14-6-4-3-5-13(14)12(2)15/h3-6,11,15H,7-10H2,1-2H3. The monoisotopic (exact) mass is 216 g/mol. The fourth-order valence-corrected chi connectivity index (χ4v) is 2.32. The normalized spacial score (nSPS) is 17.5. The predicted molar refractivity (Wildman–Crippen MR) is 69.6 cm³/mol. The summed E-state index contributed by atoms with van der Waals surface area (Å²) in [5, 5.41) is 7.81. The second-order valence-corrected chi connectivity index (χ2v) is 4.81. The Kier molecular flexibility index (Phi) is 3.28. The van der Waals surface area contributed by atoms with Crippen molar-refractivity contribution in [2.75, 3.05) is 18.0 Å². The van der Waals surface area contributed by atoms with E-state index in [-0.39, 0.29) is 0 Å². The van der Waals surface area contributed by atoms with E-state index < -0.39 is 0 Å². The van der Waals surface area contributed by atoms with Gasteiger partial charge >= 0.3 is 0 Å². The zero-order chi connectivity index (χ0) is 11.5. The van der Waals surface area contributed by atoms with Crippen molar-refractivity contribution >= 4 is 11.4 Å². The highest BCUT2D eigenvalue weighted by molar-refractivity contribution is 6.01. The van der Waals surface area contributed by atoms with E-state index in [1.54, 1.807) is 0 Å². The van der Waals surface area contributed by atoms with Gasteiger partial charge in [0.1, 0.15) is 0 Å². The Morgan fingerprint density at radius 2 is 1.88 bits per heavy atom. The van der Waals surface area contributed by atoms with Crippen molar-refractivity contribution in [3.05, 3.63) is 29.8 Å². The minimum absolute atomic E-state index is 0.661. The van der Waals surface area contributed by atoms with Gasteiger partial charge in [0.25, 0.3) is 0 Å². The van der Waals surface area contributed by atoms with Crippen LogP contribution in [0.1, 0.15) is 32.3 Å². The lowest BCUT2D eigenvalue weighted by Gasteiger charge is -2.33. The highest BCUT2D eigenvalue weighted by Crippen LogP contribution is 2.26. The molecule has 0 unspecified atom stereocenters. The minimum Gasteiger partial charge on any atom is -0.371 e. The van der Waals surface area contributed by atoms with E-state index in [4.69, 9.17) is 5.41 Å². The molecule has 0 radical (unpaired) electrons. The third kappa shape index (κ3) is 2.26. The van der Waals surface area contributed by atoms with Gasteiger partial charge in [-0.15, -0.1) is 0 Å². The molecule has 0 atom stereocenters. The number of nitrogens with zero attached hydrogens (tertiary/aromatic N) is 1. The Bertz CT molecular complexity index is 376. The molecule has 1 aromatic carbocycles. The largest absolute Gasteiger partial charge is 0.371 e. The van der Waals surface area contributed by atoms with Crippen LogP contribution in [0.4, 0.5) is 5.69 Å². The average molecular weight is 216 g/mol. The number of anilines is 1. The summed E-state index contributed by atoms with van der Waals surface area (Å²) in [7, 11) is 0. The van der Waals surface area contributed by atoms with Crippen molar-refractivity contribution in [2.45, 2.75) is 26.7 Å². The Morgan fingerprint density at radius 3 is 2.50 bits per heavy atom. The number of piperidine rings is 1. The molecule has 0 aromatic heterocycles. The molecule has 16 heavy (non-hydrogen) atoms. The highest BCUT2D eigenvalue weighted by Gasteiger charge is 2.18. The van der Waals surface area contributed by atoms with Crippen LogP contribution >= 0.6 is 0 Å². The molecular formula is C14H20N2. The molecular weight excluding hydrogens is 196 g/mol. The lowest BCUT2D eigenvalue weighted by Crippen LogP contribution is -2.33. The zero-order valence-corrected chi connectivity index (χ0v) is 10.2. The zero-order valence-electron chi connectivity index (χ0n) is 10.2. The van der Waals surface area contributed by atoms with Gasteiger partial charge < -0.3 is 10.3 Å². The topological polar surface area (TPSA) is 27.1 Å². The van der Waals surface area contributed by atoms with Crippen LogP contribution in [0.2, 0.25) is 0 Å². The van der Waals surface area contributed by atoms with E-state index in [1.807, 2.05) is 13.0 Å². The quantitative estimate of drug-likeness (QED) is 0.754. The number of hydrogen-bond acceptors (Lipinski definition) is 2. The molecule has 0 spiro atoms. The van der Waals surface area contributed by atoms with Crippen LogP contribution in [0, 0.1) is 11.3 Å². The molecule has 2 heteroatoms. The number of rotatable bonds is 2. The van der Waals surface area contributed by atoms with Gasteiger partial charge in [-0.25, -0.2) is 0 Å². The van der Waals surface area contributed by atoms with Gasteiger partial charge in [0.15, 0.2) is 0 Å². The fourth-order valence-electron chi connectivity index (χ4n) is 2.32. The van der Waals surface area contributed by atoms with Crippen molar-refractivity contribution in [2.24, 2.45) is 5.92 Å². The summed E-state index contributed by atoms with van der Waals surface area (Å²) >= 11 is 0. The second kappa shape index (κ2) is 4.69. The number of benzene rings is 1. The molecule has 0 saturated carbocycles. The van der Waals surface area contributed by atoms with Crippen LogP contribution in [0.15, 0.2) is 24.3 Å². The van der Waals surface area contributed by atoms with Gasteiger partial charge in [0.05, 0.1) is 0 Å². The fraction of sp³-hybridized carbons (Fsp3) is 0.500. The summed E-state index contributed by atoms with van der Waals surface area (Å²) in [4.78, 5) is 2.42. The molecule has 1 aliphatic rings. The van der Waals surface area contributed by atoms with E-state index in [2.05, 4.69) is 30.0 Å². The van der Waals surface area contributed by atoms with Gasteiger partial charge in [-0.1, -0.05) is 25.1 Å². The van der Waals surface area contributed by atoms with E-state index in [9.17, 15) is 0 Å². The maximum atomic E-state index is 7.81. The van der Waals surface area contributed by atoms with Crippen LogP contribution in [0.25, 0.3) is 0 Å². The number of nitrogens with one attached hydrogen (secondary N) is 1. The molecule has 1 aliphatic heterocycles. The third-order valence-corrected chi connectivity index (χ3v) is 3.43. The van der Waals surface area contributed by atoms with Gasteiger partial charge in [-0.2, -0.15) is 0 Å². The molecule has 0 aliphatic carbocycles. The van der Waals surface area contributed by atoms with Gasteiger partial charge in [-0.3, -0.25) is 0 Å². The first-order chi connectivity index (χ1) is 7.68. The first kappa shape index (κ1) is 11.2. The number of hydrogen-bond donors (Lipinski definition) is 1. The summed E-state index contributed by atoms with van der Waals surface area (Å²) in [5.41, 5.74) is 2.98. The maximum Gasteiger partial charge on any atom is 0.0457 e.